The minimum absolute atomic E-state index is 0.796. The van der Waals surface area contributed by atoms with Gasteiger partial charge >= 0.3 is 0 Å². The van der Waals surface area contributed by atoms with Gasteiger partial charge < -0.3 is 14.5 Å². The van der Waals surface area contributed by atoms with Crippen LogP contribution in [0.2, 0.25) is 0 Å². The van der Waals surface area contributed by atoms with E-state index in [1.165, 1.54) is 22.4 Å². The predicted octanol–water partition coefficient (Wildman–Crippen LogP) is 5.38. The van der Waals surface area contributed by atoms with Crippen LogP contribution in [0.1, 0.15) is 5.56 Å². The molecule has 0 radical (unpaired) electrons. The van der Waals surface area contributed by atoms with E-state index in [9.17, 15) is 0 Å². The van der Waals surface area contributed by atoms with Crippen LogP contribution < -0.4 is 4.90 Å². The van der Waals surface area contributed by atoms with Crippen LogP contribution >= 0.6 is 0 Å². The van der Waals surface area contributed by atoms with Crippen molar-refractivity contribution in [3.63, 3.8) is 0 Å². The van der Waals surface area contributed by atoms with Gasteiger partial charge in [-0.3, -0.25) is 9.97 Å². The van der Waals surface area contributed by atoms with Crippen molar-refractivity contribution in [3.8, 4) is 33.5 Å². The van der Waals surface area contributed by atoms with E-state index in [0.29, 0.717) is 0 Å². The predicted molar refractivity (Wildman–Crippen MR) is 139 cm³/mol. The number of benzene rings is 2. The first kappa shape index (κ1) is 22.3. The quantitative estimate of drug-likeness (QED) is 0.395. The second kappa shape index (κ2) is 10.2. The molecular formula is C29H30N4O. The molecule has 0 saturated carbocycles. The van der Waals surface area contributed by atoms with E-state index in [1.807, 2.05) is 18.6 Å². The molecule has 0 bridgehead atoms. The Morgan fingerprint density at radius 1 is 0.765 bits per heavy atom. The minimum atomic E-state index is 0.796. The van der Waals surface area contributed by atoms with Crippen molar-refractivity contribution in [1.82, 2.24) is 14.9 Å². The third-order valence-corrected chi connectivity index (χ3v) is 6.13. The fraction of sp³-hybridized carbons (Fsp3) is 0.241. The Hall–Kier alpha value is -3.54. The highest BCUT2D eigenvalue weighted by molar-refractivity contribution is 5.72. The molecule has 5 nitrogen and oxygen atoms in total. The summed E-state index contributed by atoms with van der Waals surface area (Å²) in [5.74, 6) is 0. The average Bonchev–Trinajstić information content (AvgIpc) is 2.89. The Balaban J connectivity index is 1.34. The molecule has 1 fully saturated rings. The summed E-state index contributed by atoms with van der Waals surface area (Å²) in [6.45, 7) is 4.40. The lowest BCUT2D eigenvalue weighted by atomic mass is 10.0. The van der Waals surface area contributed by atoms with Crippen LogP contribution in [0.5, 0.6) is 0 Å². The molecule has 0 aliphatic carbocycles. The van der Waals surface area contributed by atoms with Crippen LogP contribution in [0.25, 0.3) is 33.5 Å². The molecule has 4 aromatic rings. The van der Waals surface area contributed by atoms with Crippen LogP contribution in [0.15, 0.2) is 85.3 Å². The van der Waals surface area contributed by atoms with Crippen molar-refractivity contribution >= 4 is 5.69 Å². The topological polar surface area (TPSA) is 41.5 Å². The summed E-state index contributed by atoms with van der Waals surface area (Å²) in [5.41, 5.74) is 9.02. The fourth-order valence-electron chi connectivity index (χ4n) is 4.37. The first-order chi connectivity index (χ1) is 16.7. The van der Waals surface area contributed by atoms with Crippen molar-refractivity contribution in [2.75, 3.05) is 45.3 Å². The normalized spacial score (nSPS) is 13.9. The zero-order chi connectivity index (χ0) is 23.3. The average molecular weight is 451 g/mol. The fourth-order valence-corrected chi connectivity index (χ4v) is 4.37. The standard InChI is InChI=1S/C29H30N4O/c1-32(2)21-22-4-3-5-24(16-22)26-17-27(19-30-18-26)29-11-8-25(20-31-29)23-6-9-28(10-7-23)33-12-14-34-15-13-33/h3-11,16-20H,12-15,21H2,1-2H3. The smallest absolute Gasteiger partial charge is 0.0718 e. The van der Waals surface area contributed by atoms with Crippen LogP contribution in [0, 0.1) is 0 Å². The Labute approximate surface area is 201 Å². The Morgan fingerprint density at radius 3 is 2.26 bits per heavy atom. The van der Waals surface area contributed by atoms with Gasteiger partial charge in [0.05, 0.1) is 18.9 Å². The third-order valence-electron chi connectivity index (χ3n) is 6.13. The van der Waals surface area contributed by atoms with Gasteiger partial charge in [0.1, 0.15) is 0 Å². The summed E-state index contributed by atoms with van der Waals surface area (Å²) in [6, 6.07) is 23.7. The molecule has 1 saturated heterocycles. The number of nitrogens with zero attached hydrogens (tertiary/aromatic N) is 4. The summed E-state index contributed by atoms with van der Waals surface area (Å²) in [5, 5.41) is 0. The molecule has 5 heteroatoms. The number of rotatable bonds is 6. The molecule has 172 valence electrons. The summed E-state index contributed by atoms with van der Waals surface area (Å²) in [7, 11) is 4.17. The molecule has 34 heavy (non-hydrogen) atoms. The van der Waals surface area contributed by atoms with Gasteiger partial charge in [-0.05, 0) is 61.1 Å². The van der Waals surface area contributed by atoms with Crippen LogP contribution in [0.4, 0.5) is 5.69 Å². The minimum Gasteiger partial charge on any atom is -0.378 e. The SMILES string of the molecule is CN(C)Cc1cccc(-c2cncc(-c3ccc(-c4ccc(N5CCOCC5)cc4)cn3)c2)c1. The van der Waals surface area contributed by atoms with Crippen molar-refractivity contribution in [2.24, 2.45) is 0 Å². The van der Waals surface area contributed by atoms with Crippen molar-refractivity contribution < 1.29 is 4.74 Å². The Kier molecular flexibility index (Phi) is 6.65. The number of morpholine rings is 1. The molecule has 0 atom stereocenters. The van der Waals surface area contributed by atoms with E-state index >= 15 is 0 Å². The van der Waals surface area contributed by atoms with Gasteiger partial charge in [0, 0.05) is 60.6 Å². The maximum atomic E-state index is 5.46. The van der Waals surface area contributed by atoms with E-state index in [-0.39, 0.29) is 0 Å². The number of anilines is 1. The summed E-state index contributed by atoms with van der Waals surface area (Å²) in [4.78, 5) is 13.8. The van der Waals surface area contributed by atoms with Gasteiger partial charge in [0.25, 0.3) is 0 Å². The van der Waals surface area contributed by atoms with Gasteiger partial charge in [-0.15, -0.1) is 0 Å². The molecular weight excluding hydrogens is 420 g/mol. The molecule has 0 amide bonds. The van der Waals surface area contributed by atoms with Crippen molar-refractivity contribution in [1.29, 1.82) is 0 Å². The molecule has 0 unspecified atom stereocenters. The van der Waals surface area contributed by atoms with Crippen LogP contribution in [-0.2, 0) is 11.3 Å². The number of aromatic nitrogens is 2. The zero-order valence-electron chi connectivity index (χ0n) is 19.8. The highest BCUT2D eigenvalue weighted by Crippen LogP contribution is 2.28. The lowest BCUT2D eigenvalue weighted by molar-refractivity contribution is 0.122. The molecule has 2 aromatic carbocycles. The van der Waals surface area contributed by atoms with Gasteiger partial charge in [0.15, 0.2) is 0 Å². The summed E-state index contributed by atoms with van der Waals surface area (Å²) in [6.07, 6.45) is 5.75. The molecule has 3 heterocycles. The number of pyridine rings is 2. The van der Waals surface area contributed by atoms with E-state index in [2.05, 4.69) is 95.6 Å². The number of ether oxygens (including phenoxy) is 1. The van der Waals surface area contributed by atoms with E-state index in [1.54, 1.807) is 0 Å². The monoisotopic (exact) mass is 450 g/mol. The van der Waals surface area contributed by atoms with Gasteiger partial charge in [0.2, 0.25) is 0 Å². The van der Waals surface area contributed by atoms with Gasteiger partial charge in [-0.1, -0.05) is 36.4 Å². The first-order valence-electron chi connectivity index (χ1n) is 11.7. The molecule has 0 spiro atoms. The van der Waals surface area contributed by atoms with Gasteiger partial charge in [-0.25, -0.2) is 0 Å². The van der Waals surface area contributed by atoms with E-state index < -0.39 is 0 Å². The molecule has 5 rings (SSSR count). The summed E-state index contributed by atoms with van der Waals surface area (Å²) >= 11 is 0. The highest BCUT2D eigenvalue weighted by Gasteiger charge is 2.11. The van der Waals surface area contributed by atoms with Crippen molar-refractivity contribution in [3.05, 3.63) is 90.9 Å². The van der Waals surface area contributed by atoms with E-state index in [4.69, 9.17) is 9.72 Å². The summed E-state index contributed by atoms with van der Waals surface area (Å²) < 4.78 is 5.46. The van der Waals surface area contributed by atoms with Crippen LogP contribution in [0.3, 0.4) is 0 Å². The molecule has 1 aliphatic heterocycles. The first-order valence-corrected chi connectivity index (χ1v) is 11.7. The highest BCUT2D eigenvalue weighted by atomic mass is 16.5. The third kappa shape index (κ3) is 5.16. The molecule has 2 aromatic heterocycles. The lowest BCUT2D eigenvalue weighted by Gasteiger charge is -2.28. The van der Waals surface area contributed by atoms with E-state index in [0.717, 1.165) is 55.2 Å². The van der Waals surface area contributed by atoms with Gasteiger partial charge in [-0.2, -0.15) is 0 Å². The maximum Gasteiger partial charge on any atom is 0.0718 e. The second-order valence-corrected chi connectivity index (χ2v) is 8.98. The maximum absolute atomic E-state index is 5.46. The number of hydrogen-bond acceptors (Lipinski definition) is 5. The second-order valence-electron chi connectivity index (χ2n) is 8.98. The zero-order valence-corrected chi connectivity index (χ0v) is 19.8. The lowest BCUT2D eigenvalue weighted by Crippen LogP contribution is -2.36. The largest absolute Gasteiger partial charge is 0.378 e. The molecule has 1 aliphatic rings. The Morgan fingerprint density at radius 2 is 1.53 bits per heavy atom. The van der Waals surface area contributed by atoms with Crippen molar-refractivity contribution in [2.45, 2.75) is 6.54 Å². The van der Waals surface area contributed by atoms with Crippen LogP contribution in [-0.4, -0.2) is 55.3 Å². The molecule has 0 N–H and O–H groups in total. The number of hydrogen-bond donors (Lipinski definition) is 0. The Bertz CT molecular complexity index is 1230.